The lowest BCUT2D eigenvalue weighted by Crippen LogP contribution is -2.33. The van der Waals surface area contributed by atoms with Crippen LogP contribution in [0.4, 0.5) is 0 Å². The van der Waals surface area contributed by atoms with Crippen LogP contribution in [0.2, 0.25) is 5.15 Å². The number of hydrogen-bond donors (Lipinski definition) is 0. The number of halogens is 1. The largest absolute Gasteiger partial charge is 0.349 e. The molecule has 0 spiro atoms. The summed E-state index contributed by atoms with van der Waals surface area (Å²) in [4.78, 5) is 7.13. The molecule has 132 valence electrons. The van der Waals surface area contributed by atoms with Gasteiger partial charge < -0.3 is 9.42 Å². The Balaban J connectivity index is 1.51. The highest BCUT2D eigenvalue weighted by molar-refractivity contribution is 6.34. The molecule has 0 radical (unpaired) electrons. The third-order valence-electron chi connectivity index (χ3n) is 4.94. The van der Waals surface area contributed by atoms with Gasteiger partial charge in [0.15, 0.2) is 11.0 Å². The number of hydrogen-bond acceptors (Lipinski definition) is 5. The molecule has 0 unspecified atom stereocenters. The van der Waals surface area contributed by atoms with Gasteiger partial charge in [-0.2, -0.15) is 14.8 Å². The molecule has 3 aromatic rings. The highest BCUT2D eigenvalue weighted by atomic mass is 35.5. The first-order valence-electron chi connectivity index (χ1n) is 8.96. The number of nitrogens with zero attached hydrogens (tertiary/aromatic N) is 5. The first-order chi connectivity index (χ1) is 12.3. The van der Waals surface area contributed by atoms with Gasteiger partial charge in [0.05, 0.1) is 5.52 Å². The minimum atomic E-state index is 0.354. The molecular formula is C18H22ClN5O. The summed E-state index contributed by atoms with van der Waals surface area (Å²) in [5.74, 6) is 1.13. The molecule has 7 heteroatoms. The van der Waals surface area contributed by atoms with Crippen molar-refractivity contribution in [2.75, 3.05) is 19.6 Å². The maximum Gasteiger partial charge on any atom is 0.349 e. The molecule has 1 aliphatic heterocycles. The average molecular weight is 360 g/mol. The van der Waals surface area contributed by atoms with Crippen LogP contribution in [0.5, 0.6) is 0 Å². The van der Waals surface area contributed by atoms with Gasteiger partial charge in [-0.15, -0.1) is 0 Å². The molecule has 1 fully saturated rings. The number of benzene rings is 1. The van der Waals surface area contributed by atoms with Crippen molar-refractivity contribution in [2.24, 2.45) is 0 Å². The van der Waals surface area contributed by atoms with Gasteiger partial charge in [-0.3, -0.25) is 0 Å². The number of unbranched alkanes of at least 4 members (excludes halogenated alkanes) is 1. The van der Waals surface area contributed by atoms with E-state index in [9.17, 15) is 0 Å². The molecule has 2 aromatic heterocycles. The SMILES string of the molecule is CCCCN1CCC(c2noc(-n3nc(Cl)c4ccccc43)n2)CC1. The monoisotopic (exact) mass is 359 g/mol. The zero-order chi connectivity index (χ0) is 17.2. The van der Waals surface area contributed by atoms with Gasteiger partial charge in [-0.05, 0) is 51.0 Å². The molecule has 3 heterocycles. The molecule has 1 aliphatic rings. The van der Waals surface area contributed by atoms with E-state index in [1.54, 1.807) is 4.68 Å². The van der Waals surface area contributed by atoms with Crippen LogP contribution in [0.1, 0.15) is 44.3 Å². The Kier molecular flexibility index (Phi) is 4.72. The van der Waals surface area contributed by atoms with E-state index in [4.69, 9.17) is 16.1 Å². The average Bonchev–Trinajstić information content (AvgIpc) is 3.26. The topological polar surface area (TPSA) is 60.0 Å². The number of para-hydroxylation sites is 1. The first-order valence-corrected chi connectivity index (χ1v) is 9.33. The van der Waals surface area contributed by atoms with Crippen molar-refractivity contribution in [3.05, 3.63) is 35.2 Å². The quantitative estimate of drug-likeness (QED) is 0.688. The molecule has 0 bridgehead atoms. The predicted octanol–water partition coefficient (Wildman–Crippen LogP) is 4.04. The summed E-state index contributed by atoms with van der Waals surface area (Å²) in [7, 11) is 0. The third-order valence-corrected chi connectivity index (χ3v) is 5.21. The van der Waals surface area contributed by atoms with Crippen molar-refractivity contribution in [2.45, 2.75) is 38.5 Å². The second-order valence-electron chi connectivity index (χ2n) is 6.62. The molecule has 0 N–H and O–H groups in total. The van der Waals surface area contributed by atoms with Crippen LogP contribution in [-0.4, -0.2) is 44.5 Å². The van der Waals surface area contributed by atoms with E-state index in [1.807, 2.05) is 24.3 Å². The van der Waals surface area contributed by atoms with E-state index in [1.165, 1.54) is 19.4 Å². The molecule has 4 rings (SSSR count). The number of piperidine rings is 1. The second kappa shape index (κ2) is 7.14. The highest BCUT2D eigenvalue weighted by Gasteiger charge is 2.25. The third kappa shape index (κ3) is 3.28. The smallest absolute Gasteiger partial charge is 0.313 e. The lowest BCUT2D eigenvalue weighted by atomic mass is 9.96. The second-order valence-corrected chi connectivity index (χ2v) is 6.98. The van der Waals surface area contributed by atoms with Crippen LogP contribution in [0, 0.1) is 0 Å². The van der Waals surface area contributed by atoms with Crippen molar-refractivity contribution < 1.29 is 4.52 Å². The molecule has 1 saturated heterocycles. The van der Waals surface area contributed by atoms with E-state index < -0.39 is 0 Å². The Labute approximate surface area is 151 Å². The van der Waals surface area contributed by atoms with Gasteiger partial charge in [-0.1, -0.05) is 42.2 Å². The lowest BCUT2D eigenvalue weighted by molar-refractivity contribution is 0.205. The van der Waals surface area contributed by atoms with E-state index in [0.29, 0.717) is 17.1 Å². The van der Waals surface area contributed by atoms with Crippen molar-refractivity contribution in [3.63, 3.8) is 0 Å². The first kappa shape index (κ1) is 16.5. The van der Waals surface area contributed by atoms with Crippen LogP contribution < -0.4 is 0 Å². The normalized spacial score (nSPS) is 16.7. The Bertz CT molecular complexity index is 850. The van der Waals surface area contributed by atoms with Gasteiger partial charge in [-0.25, -0.2) is 0 Å². The zero-order valence-electron chi connectivity index (χ0n) is 14.4. The van der Waals surface area contributed by atoms with Gasteiger partial charge in [0, 0.05) is 11.3 Å². The summed E-state index contributed by atoms with van der Waals surface area (Å²) in [6.07, 6.45) is 4.66. The summed E-state index contributed by atoms with van der Waals surface area (Å²) in [6, 6.07) is 8.15. The van der Waals surface area contributed by atoms with Crippen molar-refractivity contribution in [3.8, 4) is 6.01 Å². The van der Waals surface area contributed by atoms with E-state index in [0.717, 1.165) is 42.7 Å². The van der Waals surface area contributed by atoms with Gasteiger partial charge in [0.1, 0.15) is 0 Å². The maximum absolute atomic E-state index is 6.21. The van der Waals surface area contributed by atoms with Crippen LogP contribution in [0.15, 0.2) is 28.8 Å². The van der Waals surface area contributed by atoms with Crippen LogP contribution in [0.3, 0.4) is 0 Å². The Hall–Kier alpha value is -1.92. The number of aromatic nitrogens is 4. The zero-order valence-corrected chi connectivity index (χ0v) is 15.1. The summed E-state index contributed by atoms with van der Waals surface area (Å²) < 4.78 is 7.11. The van der Waals surface area contributed by atoms with Crippen molar-refractivity contribution >= 4 is 22.5 Å². The molecule has 0 aliphatic carbocycles. The van der Waals surface area contributed by atoms with Gasteiger partial charge >= 0.3 is 6.01 Å². The predicted molar refractivity (Wildman–Crippen MR) is 97.3 cm³/mol. The highest BCUT2D eigenvalue weighted by Crippen LogP contribution is 2.28. The fourth-order valence-electron chi connectivity index (χ4n) is 3.45. The van der Waals surface area contributed by atoms with E-state index >= 15 is 0 Å². The summed E-state index contributed by atoms with van der Waals surface area (Å²) >= 11 is 6.21. The standard InChI is InChI=1S/C18H22ClN5O/c1-2-3-10-23-11-8-13(9-12-23)17-20-18(25-22-17)24-15-7-5-4-6-14(15)16(19)21-24/h4-7,13H,2-3,8-12H2,1H3. The van der Waals surface area contributed by atoms with Crippen molar-refractivity contribution in [1.29, 1.82) is 0 Å². The molecule has 1 aromatic carbocycles. The summed E-state index contributed by atoms with van der Waals surface area (Å²) in [6.45, 7) is 5.63. The molecule has 0 amide bonds. The van der Waals surface area contributed by atoms with E-state index in [2.05, 4.69) is 27.1 Å². The summed E-state index contributed by atoms with van der Waals surface area (Å²) in [5.41, 5.74) is 0.872. The van der Waals surface area contributed by atoms with Gasteiger partial charge in [0.2, 0.25) is 0 Å². The fourth-order valence-corrected chi connectivity index (χ4v) is 3.68. The van der Waals surface area contributed by atoms with Crippen LogP contribution >= 0.6 is 11.6 Å². The van der Waals surface area contributed by atoms with Crippen LogP contribution in [0.25, 0.3) is 16.9 Å². The molecule has 25 heavy (non-hydrogen) atoms. The molecular weight excluding hydrogens is 338 g/mol. The Morgan fingerprint density at radius 2 is 2.04 bits per heavy atom. The minimum absolute atomic E-state index is 0.354. The molecule has 0 atom stereocenters. The number of likely N-dealkylation sites (tertiary alicyclic amines) is 1. The maximum atomic E-state index is 6.21. The van der Waals surface area contributed by atoms with Crippen molar-refractivity contribution in [1.82, 2.24) is 24.8 Å². The van der Waals surface area contributed by atoms with Crippen LogP contribution in [-0.2, 0) is 0 Å². The Morgan fingerprint density at radius 3 is 2.84 bits per heavy atom. The molecule has 6 nitrogen and oxygen atoms in total. The number of rotatable bonds is 5. The minimum Gasteiger partial charge on any atom is -0.313 e. The number of fused-ring (bicyclic) bond motifs is 1. The van der Waals surface area contributed by atoms with E-state index in [-0.39, 0.29) is 0 Å². The lowest BCUT2D eigenvalue weighted by Gasteiger charge is -2.30. The fraction of sp³-hybridized carbons (Fsp3) is 0.500. The Morgan fingerprint density at radius 1 is 1.24 bits per heavy atom. The van der Waals surface area contributed by atoms with Gasteiger partial charge in [0.25, 0.3) is 0 Å². The molecule has 0 saturated carbocycles. The summed E-state index contributed by atoms with van der Waals surface area (Å²) in [5, 5.41) is 9.88.